The maximum atomic E-state index is 6.01. The molecule has 0 aromatic carbocycles. The zero-order chi connectivity index (χ0) is 20.6. The van der Waals surface area contributed by atoms with Gasteiger partial charge in [-0.25, -0.2) is 0 Å². The van der Waals surface area contributed by atoms with Crippen LogP contribution < -0.4 is 10.6 Å². The van der Waals surface area contributed by atoms with Crippen LogP contribution in [-0.2, 0) is 4.74 Å². The molecule has 0 amide bonds. The maximum Gasteiger partial charge on any atom is 0.191 e. The summed E-state index contributed by atoms with van der Waals surface area (Å²) in [6.07, 6.45) is 3.74. The number of hydrogen-bond donors (Lipinski definition) is 2. The molecule has 0 radical (unpaired) electrons. The van der Waals surface area contributed by atoms with Gasteiger partial charge in [0.05, 0.1) is 6.10 Å². The molecule has 1 saturated carbocycles. The number of nitrogens with zero attached hydrogens (tertiary/aromatic N) is 3. The van der Waals surface area contributed by atoms with Crippen LogP contribution in [-0.4, -0.2) is 87.4 Å². The van der Waals surface area contributed by atoms with Crippen LogP contribution in [0, 0.1) is 11.3 Å². The lowest BCUT2D eigenvalue weighted by molar-refractivity contribution is -0.133. The number of nitrogens with one attached hydrogen (secondary N) is 2. The van der Waals surface area contributed by atoms with E-state index in [2.05, 4.69) is 60.0 Å². The second-order valence-electron chi connectivity index (χ2n) is 8.61. The minimum atomic E-state index is 0. The molecule has 0 spiro atoms. The Hall–Kier alpha value is -0.120. The lowest BCUT2D eigenvalue weighted by Crippen LogP contribution is -2.65. The second kappa shape index (κ2) is 13.3. The molecule has 2 N–H and O–H groups in total. The van der Waals surface area contributed by atoms with Gasteiger partial charge in [-0.2, -0.15) is 0 Å². The molecule has 1 aliphatic heterocycles. The molecule has 0 bridgehead atoms. The van der Waals surface area contributed by atoms with E-state index in [4.69, 9.17) is 4.74 Å². The molecule has 3 atom stereocenters. The van der Waals surface area contributed by atoms with Crippen molar-refractivity contribution in [3.05, 3.63) is 0 Å². The summed E-state index contributed by atoms with van der Waals surface area (Å²) in [5, 5.41) is 7.27. The zero-order valence-corrected chi connectivity index (χ0v) is 22.0. The number of likely N-dealkylation sites (N-methyl/N-ethyl adjacent to an activating group) is 1. The first-order valence-electron chi connectivity index (χ1n) is 11.6. The van der Waals surface area contributed by atoms with Crippen molar-refractivity contribution in [1.82, 2.24) is 20.4 Å². The van der Waals surface area contributed by atoms with Crippen molar-refractivity contribution in [2.45, 2.75) is 66.0 Å². The Kier molecular flexibility index (Phi) is 12.4. The predicted molar refractivity (Wildman–Crippen MR) is 134 cm³/mol. The highest BCUT2D eigenvalue weighted by atomic mass is 127. The summed E-state index contributed by atoms with van der Waals surface area (Å²) in [7, 11) is 1.88. The maximum absolute atomic E-state index is 6.01. The third-order valence-corrected chi connectivity index (χ3v) is 7.10. The molecule has 7 heteroatoms. The Morgan fingerprint density at radius 2 is 1.72 bits per heavy atom. The van der Waals surface area contributed by atoms with E-state index >= 15 is 0 Å². The van der Waals surface area contributed by atoms with Gasteiger partial charge >= 0.3 is 0 Å². The van der Waals surface area contributed by atoms with Crippen LogP contribution in [0.1, 0.15) is 53.9 Å². The molecule has 0 aromatic rings. The molecule has 29 heavy (non-hydrogen) atoms. The molecule has 1 aliphatic carbocycles. The van der Waals surface area contributed by atoms with Crippen molar-refractivity contribution in [3.8, 4) is 0 Å². The minimum Gasteiger partial charge on any atom is -0.378 e. The van der Waals surface area contributed by atoms with Gasteiger partial charge in [-0.3, -0.25) is 4.99 Å². The van der Waals surface area contributed by atoms with Crippen molar-refractivity contribution in [2.75, 3.05) is 59.5 Å². The molecule has 2 fully saturated rings. The van der Waals surface area contributed by atoms with Gasteiger partial charge in [0.1, 0.15) is 0 Å². The lowest BCUT2D eigenvalue weighted by Gasteiger charge is -2.55. The summed E-state index contributed by atoms with van der Waals surface area (Å²) in [6.45, 7) is 20.2. The number of ether oxygens (including phenoxy) is 1. The fourth-order valence-electron chi connectivity index (χ4n) is 5.01. The van der Waals surface area contributed by atoms with Crippen LogP contribution in [0.4, 0.5) is 0 Å². The highest BCUT2D eigenvalue weighted by Gasteiger charge is 2.53. The van der Waals surface area contributed by atoms with Gasteiger partial charge in [0, 0.05) is 64.4 Å². The predicted octanol–water partition coefficient (Wildman–Crippen LogP) is 3.03. The topological polar surface area (TPSA) is 52.1 Å². The highest BCUT2D eigenvalue weighted by molar-refractivity contribution is 14.0. The van der Waals surface area contributed by atoms with Gasteiger partial charge in [-0.05, 0) is 38.6 Å². The largest absolute Gasteiger partial charge is 0.378 e. The Bertz CT molecular complexity index is 478. The number of rotatable bonds is 10. The first kappa shape index (κ1) is 26.9. The normalized spacial score (nSPS) is 26.3. The van der Waals surface area contributed by atoms with Gasteiger partial charge in [0.2, 0.25) is 0 Å². The number of guanidine groups is 1. The summed E-state index contributed by atoms with van der Waals surface area (Å²) < 4.78 is 6.01. The van der Waals surface area contributed by atoms with Crippen molar-refractivity contribution in [2.24, 2.45) is 16.3 Å². The molecule has 172 valence electrons. The SMILES string of the molecule is CCOC1CC(NC(=NC)NCC(C)CN2CCN(CC)CC2)C1(CC)CC.I. The van der Waals surface area contributed by atoms with Crippen LogP contribution >= 0.6 is 24.0 Å². The smallest absolute Gasteiger partial charge is 0.191 e. The van der Waals surface area contributed by atoms with Crippen LogP contribution in [0.15, 0.2) is 4.99 Å². The Balaban J connectivity index is 0.00000420. The van der Waals surface area contributed by atoms with Gasteiger partial charge < -0.3 is 25.2 Å². The van der Waals surface area contributed by atoms with Gasteiger partial charge in [-0.15, -0.1) is 24.0 Å². The third-order valence-electron chi connectivity index (χ3n) is 7.10. The Morgan fingerprint density at radius 1 is 1.10 bits per heavy atom. The van der Waals surface area contributed by atoms with E-state index < -0.39 is 0 Å². The van der Waals surface area contributed by atoms with Crippen LogP contribution in [0.25, 0.3) is 0 Å². The summed E-state index contributed by atoms with van der Waals surface area (Å²) in [5.41, 5.74) is 0.234. The monoisotopic (exact) mass is 523 g/mol. The molecular weight excluding hydrogens is 477 g/mol. The van der Waals surface area contributed by atoms with E-state index in [9.17, 15) is 0 Å². The van der Waals surface area contributed by atoms with E-state index in [-0.39, 0.29) is 29.4 Å². The van der Waals surface area contributed by atoms with Crippen molar-refractivity contribution < 1.29 is 4.74 Å². The molecule has 0 aromatic heterocycles. The average Bonchev–Trinajstić information content (AvgIpc) is 2.71. The standard InChI is InChI=1S/C22H45N5O.HI/c1-7-22(8-2)19(15-20(22)28-10-4)25-21(23-6)24-16-18(5)17-27-13-11-26(9-3)12-14-27;/h18-20H,7-17H2,1-6H3,(H2,23,24,25);1H. The van der Waals surface area contributed by atoms with E-state index in [1.165, 1.54) is 32.7 Å². The number of aliphatic imine (C=N–C) groups is 1. The Labute approximate surface area is 196 Å². The molecule has 2 rings (SSSR count). The van der Waals surface area contributed by atoms with Crippen molar-refractivity contribution in [3.63, 3.8) is 0 Å². The van der Waals surface area contributed by atoms with E-state index in [1.807, 2.05) is 7.05 Å². The van der Waals surface area contributed by atoms with E-state index in [0.717, 1.165) is 44.9 Å². The fourth-order valence-corrected chi connectivity index (χ4v) is 5.01. The van der Waals surface area contributed by atoms with Gasteiger partial charge in [0.25, 0.3) is 0 Å². The third kappa shape index (κ3) is 6.94. The zero-order valence-electron chi connectivity index (χ0n) is 19.7. The fraction of sp³-hybridized carbons (Fsp3) is 0.955. The summed E-state index contributed by atoms with van der Waals surface area (Å²) in [4.78, 5) is 9.63. The summed E-state index contributed by atoms with van der Waals surface area (Å²) in [5.74, 6) is 1.54. The quantitative estimate of drug-likeness (QED) is 0.262. The molecule has 1 heterocycles. The Morgan fingerprint density at radius 3 is 2.24 bits per heavy atom. The van der Waals surface area contributed by atoms with E-state index in [1.54, 1.807) is 0 Å². The highest BCUT2D eigenvalue weighted by Crippen LogP contribution is 2.48. The molecule has 1 saturated heterocycles. The average molecular weight is 524 g/mol. The molecule has 6 nitrogen and oxygen atoms in total. The number of halogens is 1. The van der Waals surface area contributed by atoms with Crippen LogP contribution in [0.2, 0.25) is 0 Å². The van der Waals surface area contributed by atoms with Crippen molar-refractivity contribution >= 4 is 29.9 Å². The first-order valence-corrected chi connectivity index (χ1v) is 11.6. The van der Waals surface area contributed by atoms with E-state index in [0.29, 0.717) is 18.1 Å². The number of piperazine rings is 1. The molecule has 2 aliphatic rings. The lowest BCUT2D eigenvalue weighted by atomic mass is 9.58. The summed E-state index contributed by atoms with van der Waals surface area (Å²) in [6, 6.07) is 0.447. The van der Waals surface area contributed by atoms with Crippen LogP contribution in [0.5, 0.6) is 0 Å². The van der Waals surface area contributed by atoms with Crippen LogP contribution in [0.3, 0.4) is 0 Å². The van der Waals surface area contributed by atoms with Gasteiger partial charge in [-0.1, -0.05) is 27.7 Å². The first-order chi connectivity index (χ1) is 13.5. The summed E-state index contributed by atoms with van der Waals surface area (Å²) >= 11 is 0. The number of hydrogen-bond acceptors (Lipinski definition) is 4. The van der Waals surface area contributed by atoms with Crippen molar-refractivity contribution in [1.29, 1.82) is 0 Å². The molecular formula is C22H46IN5O. The second-order valence-corrected chi connectivity index (χ2v) is 8.61. The minimum absolute atomic E-state index is 0. The molecule has 3 unspecified atom stereocenters. The van der Waals surface area contributed by atoms with Gasteiger partial charge in [0.15, 0.2) is 5.96 Å².